The fourth-order valence-electron chi connectivity index (χ4n) is 4.23. The summed E-state index contributed by atoms with van der Waals surface area (Å²) in [6.07, 6.45) is 9.82. The van der Waals surface area contributed by atoms with Crippen LogP contribution in [0.4, 0.5) is 0 Å². The van der Waals surface area contributed by atoms with Gasteiger partial charge >= 0.3 is 0 Å². The van der Waals surface area contributed by atoms with Crippen LogP contribution < -0.4 is 5.32 Å². The Balaban J connectivity index is 1.57. The molecule has 1 N–H and O–H groups in total. The van der Waals surface area contributed by atoms with Gasteiger partial charge in [-0.25, -0.2) is 0 Å². The first-order valence-corrected chi connectivity index (χ1v) is 7.85. The van der Waals surface area contributed by atoms with Crippen molar-refractivity contribution in [2.75, 3.05) is 19.6 Å². The van der Waals surface area contributed by atoms with Gasteiger partial charge < -0.3 is 10.2 Å². The molecule has 18 heavy (non-hydrogen) atoms. The van der Waals surface area contributed by atoms with Crippen LogP contribution in [0.2, 0.25) is 0 Å². The molecule has 0 spiro atoms. The Labute approximate surface area is 110 Å². The third kappa shape index (κ3) is 2.56. The topological polar surface area (TPSA) is 32.3 Å². The van der Waals surface area contributed by atoms with Gasteiger partial charge in [0, 0.05) is 19.0 Å². The molecular weight excluding hydrogens is 224 g/mol. The molecule has 2 heterocycles. The highest BCUT2D eigenvalue weighted by molar-refractivity contribution is 5.77. The molecule has 2 saturated heterocycles. The van der Waals surface area contributed by atoms with Gasteiger partial charge in [0.2, 0.25) is 5.91 Å². The first kappa shape index (κ1) is 12.5. The quantitative estimate of drug-likeness (QED) is 0.814. The monoisotopic (exact) mass is 250 g/mol. The molecule has 0 bridgehead atoms. The van der Waals surface area contributed by atoms with Crippen LogP contribution >= 0.6 is 0 Å². The molecule has 3 fully saturated rings. The van der Waals surface area contributed by atoms with Gasteiger partial charge in [-0.15, -0.1) is 0 Å². The minimum Gasteiger partial charge on any atom is -0.339 e. The van der Waals surface area contributed by atoms with E-state index in [0.29, 0.717) is 17.9 Å². The zero-order valence-electron chi connectivity index (χ0n) is 11.4. The molecule has 1 aliphatic carbocycles. The van der Waals surface area contributed by atoms with Gasteiger partial charge in [-0.05, 0) is 63.5 Å². The van der Waals surface area contributed by atoms with Gasteiger partial charge in [0.1, 0.15) is 0 Å². The number of nitrogens with one attached hydrogen (secondary N) is 1. The van der Waals surface area contributed by atoms with Crippen molar-refractivity contribution in [3.63, 3.8) is 0 Å². The second-order valence-electron chi connectivity index (χ2n) is 6.40. The molecule has 0 radical (unpaired) electrons. The van der Waals surface area contributed by atoms with Crippen molar-refractivity contribution in [2.45, 2.75) is 57.4 Å². The van der Waals surface area contributed by atoms with Crippen LogP contribution in [-0.2, 0) is 4.79 Å². The molecule has 0 aromatic carbocycles. The number of rotatable bonds is 2. The highest BCUT2D eigenvalue weighted by Crippen LogP contribution is 2.37. The number of hydrogen-bond donors (Lipinski definition) is 1. The van der Waals surface area contributed by atoms with E-state index in [9.17, 15) is 4.79 Å². The molecule has 3 heteroatoms. The van der Waals surface area contributed by atoms with Crippen molar-refractivity contribution in [3.8, 4) is 0 Å². The number of amides is 1. The molecule has 3 rings (SSSR count). The van der Waals surface area contributed by atoms with Gasteiger partial charge in [0.15, 0.2) is 0 Å². The summed E-state index contributed by atoms with van der Waals surface area (Å²) in [4.78, 5) is 14.8. The third-order valence-electron chi connectivity index (χ3n) is 5.18. The molecule has 1 amide bonds. The lowest BCUT2D eigenvalue weighted by atomic mass is 9.90. The lowest BCUT2D eigenvalue weighted by molar-refractivity contribution is -0.137. The van der Waals surface area contributed by atoms with E-state index >= 15 is 0 Å². The minimum atomic E-state index is 0.445. The number of piperidine rings is 2. The number of nitrogens with zero attached hydrogens (tertiary/aromatic N) is 1. The molecular formula is C15H26N2O. The van der Waals surface area contributed by atoms with E-state index in [1.54, 1.807) is 0 Å². The number of carbonyl (C=O) groups excluding carboxylic acids is 1. The first-order chi connectivity index (χ1) is 8.84. The number of fused-ring (bicyclic) bond motifs is 1. The fraction of sp³-hybridized carbons (Fsp3) is 0.933. The zero-order valence-corrected chi connectivity index (χ0v) is 11.4. The summed E-state index contributed by atoms with van der Waals surface area (Å²) in [6.45, 7) is 3.22. The molecule has 0 aromatic heterocycles. The number of likely N-dealkylation sites (tertiary alicyclic amines) is 1. The average molecular weight is 250 g/mol. The van der Waals surface area contributed by atoms with Crippen molar-refractivity contribution in [1.29, 1.82) is 0 Å². The Morgan fingerprint density at radius 3 is 2.83 bits per heavy atom. The highest BCUT2D eigenvalue weighted by Gasteiger charge is 2.37. The van der Waals surface area contributed by atoms with E-state index in [-0.39, 0.29) is 0 Å². The van der Waals surface area contributed by atoms with E-state index in [2.05, 4.69) is 10.2 Å². The second kappa shape index (κ2) is 5.60. The summed E-state index contributed by atoms with van der Waals surface area (Å²) in [6, 6.07) is 0.600. The van der Waals surface area contributed by atoms with Gasteiger partial charge in [-0.3, -0.25) is 4.79 Å². The molecule has 1 saturated carbocycles. The molecule has 3 atom stereocenters. The van der Waals surface area contributed by atoms with Gasteiger partial charge in [-0.2, -0.15) is 0 Å². The van der Waals surface area contributed by atoms with Crippen molar-refractivity contribution in [2.24, 2.45) is 11.8 Å². The predicted octanol–water partition coefficient (Wildman–Crippen LogP) is 2.17. The Morgan fingerprint density at radius 1 is 1.11 bits per heavy atom. The van der Waals surface area contributed by atoms with Crippen LogP contribution in [0.25, 0.3) is 0 Å². The first-order valence-electron chi connectivity index (χ1n) is 7.85. The Kier molecular flexibility index (Phi) is 3.88. The summed E-state index contributed by atoms with van der Waals surface area (Å²) in [5.41, 5.74) is 0. The zero-order chi connectivity index (χ0) is 12.4. The van der Waals surface area contributed by atoms with Crippen molar-refractivity contribution < 1.29 is 4.79 Å². The van der Waals surface area contributed by atoms with E-state index in [1.807, 2.05) is 0 Å². The van der Waals surface area contributed by atoms with Gasteiger partial charge in [-0.1, -0.05) is 6.42 Å². The van der Waals surface area contributed by atoms with E-state index in [1.165, 1.54) is 44.9 Å². The molecule has 102 valence electrons. The van der Waals surface area contributed by atoms with Crippen molar-refractivity contribution >= 4 is 5.91 Å². The summed E-state index contributed by atoms with van der Waals surface area (Å²) < 4.78 is 0. The van der Waals surface area contributed by atoms with Crippen LogP contribution in [0.1, 0.15) is 51.4 Å². The molecule has 2 aliphatic heterocycles. The van der Waals surface area contributed by atoms with Gasteiger partial charge in [0.05, 0.1) is 0 Å². The normalized spacial score (nSPS) is 36.4. The smallest absolute Gasteiger partial charge is 0.223 e. The van der Waals surface area contributed by atoms with E-state index in [4.69, 9.17) is 0 Å². The Bertz CT molecular complexity index is 299. The molecule has 3 aliphatic rings. The SMILES string of the molecule is O=C(CC1CCCNC1)N1CCCC2CCCC21. The van der Waals surface area contributed by atoms with Crippen LogP contribution in [-0.4, -0.2) is 36.5 Å². The van der Waals surface area contributed by atoms with E-state index < -0.39 is 0 Å². The minimum absolute atomic E-state index is 0.445. The fourth-order valence-corrected chi connectivity index (χ4v) is 4.23. The second-order valence-corrected chi connectivity index (χ2v) is 6.40. The Hall–Kier alpha value is -0.570. The third-order valence-corrected chi connectivity index (χ3v) is 5.18. The maximum atomic E-state index is 12.5. The predicted molar refractivity (Wildman–Crippen MR) is 72.3 cm³/mol. The van der Waals surface area contributed by atoms with Crippen LogP contribution in [0.5, 0.6) is 0 Å². The van der Waals surface area contributed by atoms with Crippen LogP contribution in [0, 0.1) is 11.8 Å². The standard InChI is InChI=1S/C15H26N2O/c18-15(10-12-4-2-8-16-11-12)17-9-3-6-13-5-1-7-14(13)17/h12-14,16H,1-11H2. The Morgan fingerprint density at radius 2 is 2.00 bits per heavy atom. The van der Waals surface area contributed by atoms with Crippen LogP contribution in [0.15, 0.2) is 0 Å². The summed E-state index contributed by atoms with van der Waals surface area (Å²) >= 11 is 0. The summed E-state index contributed by atoms with van der Waals surface area (Å²) in [7, 11) is 0. The average Bonchev–Trinajstić information content (AvgIpc) is 2.87. The van der Waals surface area contributed by atoms with Gasteiger partial charge in [0.25, 0.3) is 0 Å². The maximum absolute atomic E-state index is 12.5. The largest absolute Gasteiger partial charge is 0.339 e. The summed E-state index contributed by atoms with van der Waals surface area (Å²) in [5, 5.41) is 3.42. The number of hydrogen-bond acceptors (Lipinski definition) is 2. The van der Waals surface area contributed by atoms with E-state index in [0.717, 1.165) is 32.0 Å². The lowest BCUT2D eigenvalue weighted by Gasteiger charge is -2.38. The summed E-state index contributed by atoms with van der Waals surface area (Å²) in [5.74, 6) is 1.86. The van der Waals surface area contributed by atoms with Crippen molar-refractivity contribution in [3.05, 3.63) is 0 Å². The molecule has 0 aromatic rings. The highest BCUT2D eigenvalue weighted by atomic mass is 16.2. The molecule has 3 nitrogen and oxygen atoms in total. The molecule has 3 unspecified atom stereocenters. The number of carbonyl (C=O) groups is 1. The van der Waals surface area contributed by atoms with Crippen molar-refractivity contribution in [1.82, 2.24) is 10.2 Å². The maximum Gasteiger partial charge on any atom is 0.223 e. The lowest BCUT2D eigenvalue weighted by Crippen LogP contribution is -2.47. The van der Waals surface area contributed by atoms with Crippen LogP contribution in [0.3, 0.4) is 0 Å².